The van der Waals surface area contributed by atoms with E-state index in [1.54, 1.807) is 6.07 Å². The molecule has 0 saturated carbocycles. The number of amides is 2. The normalized spacial score (nSPS) is 16.6. The fourth-order valence-electron chi connectivity index (χ4n) is 5.27. The van der Waals surface area contributed by atoms with Gasteiger partial charge in [0.05, 0.1) is 16.7 Å². The molecular formula is C26H23ClN4O2. The predicted molar refractivity (Wildman–Crippen MR) is 132 cm³/mol. The number of benzene rings is 2. The number of halogens is 1. The lowest BCUT2D eigenvalue weighted by Crippen LogP contribution is -2.22. The molecule has 2 amide bonds. The number of carbonyl (C=O) groups is 2. The summed E-state index contributed by atoms with van der Waals surface area (Å²) in [7, 11) is 3.89. The highest BCUT2D eigenvalue weighted by atomic mass is 35.5. The number of rotatable bonds is 3. The summed E-state index contributed by atoms with van der Waals surface area (Å²) in [6, 6.07) is 11.9. The smallest absolute Gasteiger partial charge is 0.259 e. The average molecular weight is 459 g/mol. The zero-order valence-electron chi connectivity index (χ0n) is 18.5. The van der Waals surface area contributed by atoms with Gasteiger partial charge in [0.2, 0.25) is 0 Å². The van der Waals surface area contributed by atoms with E-state index in [4.69, 9.17) is 11.6 Å². The van der Waals surface area contributed by atoms with E-state index >= 15 is 0 Å². The molecule has 6 rings (SSSR count). The number of fused-ring (bicyclic) bond motifs is 2. The summed E-state index contributed by atoms with van der Waals surface area (Å²) in [6.07, 6.45) is 6.27. The molecular weight excluding hydrogens is 436 g/mol. The van der Waals surface area contributed by atoms with Crippen molar-refractivity contribution >= 4 is 62.1 Å². The number of anilines is 1. The van der Waals surface area contributed by atoms with Crippen molar-refractivity contribution < 1.29 is 9.59 Å². The van der Waals surface area contributed by atoms with Gasteiger partial charge in [-0.3, -0.25) is 14.9 Å². The van der Waals surface area contributed by atoms with Crippen molar-refractivity contribution in [1.82, 2.24) is 14.5 Å². The Morgan fingerprint density at radius 2 is 1.33 bits per heavy atom. The largest absolute Gasteiger partial charge is 0.371 e. The van der Waals surface area contributed by atoms with Crippen LogP contribution in [-0.2, 0) is 23.7 Å². The fraction of sp³-hybridized carbons (Fsp3) is 0.231. The van der Waals surface area contributed by atoms with Gasteiger partial charge in [0.15, 0.2) is 0 Å². The third-order valence-corrected chi connectivity index (χ3v) is 7.10. The number of carbonyl (C=O) groups excluding carboxylic acids is 2. The van der Waals surface area contributed by atoms with Crippen molar-refractivity contribution in [2.75, 3.05) is 18.0 Å². The van der Waals surface area contributed by atoms with Crippen LogP contribution < -0.4 is 10.2 Å². The van der Waals surface area contributed by atoms with Crippen LogP contribution >= 0.6 is 11.6 Å². The molecule has 0 unspecified atom stereocenters. The van der Waals surface area contributed by atoms with Crippen LogP contribution in [-0.4, -0.2) is 34.0 Å². The highest BCUT2D eigenvalue weighted by Crippen LogP contribution is 2.39. The lowest BCUT2D eigenvalue weighted by atomic mass is 9.95. The highest BCUT2D eigenvalue weighted by Gasteiger charge is 2.35. The van der Waals surface area contributed by atoms with Crippen molar-refractivity contribution in [3.8, 4) is 0 Å². The lowest BCUT2D eigenvalue weighted by molar-refractivity contribution is -0.122. The second-order valence-electron chi connectivity index (χ2n) is 8.90. The summed E-state index contributed by atoms with van der Waals surface area (Å²) < 4.78 is 3.97. The molecule has 6 nitrogen and oxygen atoms in total. The molecule has 1 saturated heterocycles. The second kappa shape index (κ2) is 7.25. The zero-order chi connectivity index (χ0) is 22.9. The molecule has 0 radical (unpaired) electrons. The predicted octanol–water partition coefficient (Wildman–Crippen LogP) is 4.49. The van der Waals surface area contributed by atoms with Gasteiger partial charge in [-0.2, -0.15) is 0 Å². The lowest BCUT2D eigenvalue weighted by Gasteiger charge is -2.17. The van der Waals surface area contributed by atoms with E-state index < -0.39 is 0 Å². The first-order valence-electron chi connectivity index (χ1n) is 11.1. The van der Waals surface area contributed by atoms with E-state index in [2.05, 4.69) is 28.4 Å². The number of imide groups is 1. The molecule has 166 valence electrons. The number of aromatic nitrogens is 2. The molecule has 2 aromatic carbocycles. The van der Waals surface area contributed by atoms with E-state index in [1.165, 1.54) is 18.5 Å². The molecule has 0 bridgehead atoms. The monoisotopic (exact) mass is 458 g/mol. The summed E-state index contributed by atoms with van der Waals surface area (Å²) in [5, 5.41) is 4.99. The first kappa shape index (κ1) is 20.1. The molecule has 0 spiro atoms. The third kappa shape index (κ3) is 3.01. The quantitative estimate of drug-likeness (QED) is 0.460. The van der Waals surface area contributed by atoms with Crippen molar-refractivity contribution in [2.45, 2.75) is 12.8 Å². The number of hydrogen-bond acceptors (Lipinski definition) is 3. The topological polar surface area (TPSA) is 59.3 Å². The highest BCUT2D eigenvalue weighted by molar-refractivity contribution is 6.50. The number of hydrogen-bond donors (Lipinski definition) is 1. The van der Waals surface area contributed by atoms with Gasteiger partial charge in [-0.15, -0.1) is 0 Å². The van der Waals surface area contributed by atoms with Crippen molar-refractivity contribution in [3.63, 3.8) is 0 Å². The van der Waals surface area contributed by atoms with Gasteiger partial charge in [0, 0.05) is 77.7 Å². The van der Waals surface area contributed by atoms with Gasteiger partial charge in [-0.05, 0) is 37.1 Å². The van der Waals surface area contributed by atoms with Gasteiger partial charge in [0.1, 0.15) is 0 Å². The molecule has 4 aromatic rings. The van der Waals surface area contributed by atoms with Crippen LogP contribution in [0.3, 0.4) is 0 Å². The third-order valence-electron chi connectivity index (χ3n) is 6.87. The fourth-order valence-corrected chi connectivity index (χ4v) is 5.44. The number of aryl methyl sites for hydroxylation is 2. The molecule has 0 atom stereocenters. The van der Waals surface area contributed by atoms with E-state index in [0.29, 0.717) is 16.2 Å². The summed E-state index contributed by atoms with van der Waals surface area (Å²) in [6.45, 7) is 2.14. The minimum absolute atomic E-state index is 0.364. The van der Waals surface area contributed by atoms with Gasteiger partial charge >= 0.3 is 0 Å². The Kier molecular flexibility index (Phi) is 4.42. The van der Waals surface area contributed by atoms with E-state index in [9.17, 15) is 9.59 Å². The second-order valence-corrected chi connectivity index (χ2v) is 9.33. The van der Waals surface area contributed by atoms with Gasteiger partial charge in [-0.25, -0.2) is 0 Å². The van der Waals surface area contributed by atoms with E-state index in [0.717, 1.165) is 46.0 Å². The Balaban J connectivity index is 1.58. The zero-order valence-corrected chi connectivity index (χ0v) is 19.2. The molecule has 7 heteroatoms. The first-order valence-corrected chi connectivity index (χ1v) is 11.5. The number of nitrogens with zero attached hydrogens (tertiary/aromatic N) is 3. The summed E-state index contributed by atoms with van der Waals surface area (Å²) in [5.41, 5.74) is 5.46. The maximum Gasteiger partial charge on any atom is 0.259 e. The van der Waals surface area contributed by atoms with Gasteiger partial charge in [-0.1, -0.05) is 23.7 Å². The van der Waals surface area contributed by atoms with Crippen LogP contribution in [0, 0.1) is 0 Å². The van der Waals surface area contributed by atoms with Crippen molar-refractivity contribution in [1.29, 1.82) is 0 Å². The maximum absolute atomic E-state index is 13.1. The Bertz CT molecular complexity index is 1520. The summed E-state index contributed by atoms with van der Waals surface area (Å²) in [4.78, 5) is 28.5. The molecule has 4 heterocycles. The first-order chi connectivity index (χ1) is 15.9. The summed E-state index contributed by atoms with van der Waals surface area (Å²) >= 11 is 6.20. The minimum atomic E-state index is -0.372. The standard InChI is InChI=1S/C26H23ClN4O2/c1-29-13-19(17-7-5-15(27)11-21(17)29)23-24(26(33)28-25(23)32)20-14-30(2)22-12-16(6-8-18(20)22)31-9-3-4-10-31/h5-8,11-14H,3-4,9-10H2,1-2H3,(H,28,32,33). The molecule has 1 fully saturated rings. The molecule has 1 N–H and O–H groups in total. The van der Waals surface area contributed by atoms with Crippen LogP contribution in [0.2, 0.25) is 5.02 Å². The Morgan fingerprint density at radius 3 is 1.94 bits per heavy atom. The van der Waals surface area contributed by atoms with Crippen LogP contribution in [0.15, 0.2) is 48.8 Å². The minimum Gasteiger partial charge on any atom is -0.371 e. The van der Waals surface area contributed by atoms with Crippen LogP contribution in [0.25, 0.3) is 33.0 Å². The van der Waals surface area contributed by atoms with Crippen LogP contribution in [0.4, 0.5) is 5.69 Å². The van der Waals surface area contributed by atoms with Gasteiger partial charge < -0.3 is 14.0 Å². The molecule has 33 heavy (non-hydrogen) atoms. The van der Waals surface area contributed by atoms with E-state index in [1.807, 2.05) is 47.8 Å². The van der Waals surface area contributed by atoms with Crippen molar-refractivity contribution in [2.24, 2.45) is 14.1 Å². The molecule has 0 aliphatic carbocycles. The van der Waals surface area contributed by atoms with E-state index in [-0.39, 0.29) is 11.8 Å². The Morgan fingerprint density at radius 1 is 0.788 bits per heavy atom. The molecule has 2 aliphatic heterocycles. The van der Waals surface area contributed by atoms with Gasteiger partial charge in [0.25, 0.3) is 11.8 Å². The Hall–Kier alpha value is -3.51. The van der Waals surface area contributed by atoms with Crippen molar-refractivity contribution in [3.05, 3.63) is 64.9 Å². The Labute approximate surface area is 196 Å². The molecule has 2 aliphatic rings. The summed E-state index contributed by atoms with van der Waals surface area (Å²) in [5.74, 6) is -0.736. The molecule has 2 aromatic heterocycles. The average Bonchev–Trinajstić information content (AvgIpc) is 3.55. The number of nitrogens with one attached hydrogen (secondary N) is 1. The van der Waals surface area contributed by atoms with Crippen LogP contribution in [0.1, 0.15) is 24.0 Å². The van der Waals surface area contributed by atoms with Crippen LogP contribution in [0.5, 0.6) is 0 Å². The maximum atomic E-state index is 13.1. The SMILES string of the molecule is Cn1cc(C2=C(c3cn(C)c4cc(N5CCCC5)ccc34)C(=O)NC2=O)c2ccc(Cl)cc21.